The molecule has 20 heavy (non-hydrogen) atoms. The number of carbonyl (C=O) groups excluding carboxylic acids is 1. The number of benzene rings is 1. The molecule has 1 aromatic carbocycles. The predicted octanol–water partition coefficient (Wildman–Crippen LogP) is 4.51. The van der Waals surface area contributed by atoms with Gasteiger partial charge in [0.15, 0.2) is 0 Å². The number of nitrogens with zero attached hydrogens (tertiary/aromatic N) is 1. The Bertz CT molecular complexity index is 638. The van der Waals surface area contributed by atoms with E-state index in [1.54, 1.807) is 0 Å². The Morgan fingerprint density at radius 3 is 2.70 bits per heavy atom. The third-order valence-corrected chi connectivity index (χ3v) is 5.44. The third kappa shape index (κ3) is 2.56. The summed E-state index contributed by atoms with van der Waals surface area (Å²) in [6.45, 7) is 6.86. The number of nitrogen functional groups attached to an aromatic ring is 1. The first-order valence-electron chi connectivity index (χ1n) is 6.78. The van der Waals surface area contributed by atoms with Crippen LogP contribution in [0.3, 0.4) is 0 Å². The molecule has 0 spiro atoms. The zero-order valence-corrected chi connectivity index (χ0v) is 14.3. The van der Waals surface area contributed by atoms with Gasteiger partial charge in [0.2, 0.25) is 0 Å². The fourth-order valence-electron chi connectivity index (χ4n) is 2.29. The first kappa shape index (κ1) is 15.3. The second-order valence-corrected chi connectivity index (χ2v) is 6.71. The second-order valence-electron chi connectivity index (χ2n) is 4.81. The Hall–Kier alpha value is -1.07. The molecular weight excluding hydrogens is 336 g/mol. The molecule has 3 nitrogen and oxygen atoms in total. The van der Waals surface area contributed by atoms with Crippen LogP contribution in [0.2, 0.25) is 0 Å². The fourth-order valence-corrected chi connectivity index (χ4v) is 4.11. The van der Waals surface area contributed by atoms with Crippen LogP contribution in [0.5, 0.6) is 0 Å². The number of rotatable bonds is 4. The molecule has 1 unspecified atom stereocenters. The normalized spacial score (nSPS) is 12.6. The first-order valence-corrected chi connectivity index (χ1v) is 8.39. The summed E-state index contributed by atoms with van der Waals surface area (Å²) in [7, 11) is 0. The van der Waals surface area contributed by atoms with E-state index in [0.29, 0.717) is 17.1 Å². The summed E-state index contributed by atoms with van der Waals surface area (Å²) in [5.41, 5.74) is 6.79. The number of thiophene rings is 1. The smallest absolute Gasteiger partial charge is 0.266 e. The molecule has 0 aliphatic rings. The average Bonchev–Trinajstić information content (AvgIpc) is 2.77. The van der Waals surface area contributed by atoms with Gasteiger partial charge in [0.25, 0.3) is 5.91 Å². The van der Waals surface area contributed by atoms with Crippen molar-refractivity contribution in [1.29, 1.82) is 0 Å². The highest BCUT2D eigenvalue weighted by Gasteiger charge is 2.24. The Morgan fingerprint density at radius 2 is 2.15 bits per heavy atom. The van der Waals surface area contributed by atoms with Crippen molar-refractivity contribution >= 4 is 48.9 Å². The molecule has 2 N–H and O–H groups in total. The molecule has 0 fully saturated rings. The van der Waals surface area contributed by atoms with E-state index in [0.717, 1.165) is 21.0 Å². The molecule has 108 valence electrons. The summed E-state index contributed by atoms with van der Waals surface area (Å²) in [5.74, 6) is 0.0347. The molecule has 2 aromatic rings. The number of hydrogen-bond acceptors (Lipinski definition) is 3. The Kier molecular flexibility index (Phi) is 4.70. The van der Waals surface area contributed by atoms with Gasteiger partial charge in [0.1, 0.15) is 4.88 Å². The van der Waals surface area contributed by atoms with Crippen LogP contribution in [0.25, 0.3) is 10.1 Å². The van der Waals surface area contributed by atoms with Crippen molar-refractivity contribution in [1.82, 2.24) is 4.90 Å². The maximum Gasteiger partial charge on any atom is 0.266 e. The molecule has 2 rings (SSSR count). The average molecular weight is 355 g/mol. The third-order valence-electron chi connectivity index (χ3n) is 3.62. The van der Waals surface area contributed by atoms with E-state index >= 15 is 0 Å². The highest BCUT2D eigenvalue weighted by atomic mass is 79.9. The van der Waals surface area contributed by atoms with Crippen molar-refractivity contribution in [2.24, 2.45) is 0 Å². The summed E-state index contributed by atoms with van der Waals surface area (Å²) in [6, 6.07) is 6.13. The quantitative estimate of drug-likeness (QED) is 0.877. The molecule has 1 aromatic heterocycles. The van der Waals surface area contributed by atoms with Crippen molar-refractivity contribution < 1.29 is 4.79 Å². The van der Waals surface area contributed by atoms with Crippen LogP contribution in [-0.2, 0) is 0 Å². The molecule has 0 aliphatic heterocycles. The Balaban J connectivity index is 2.50. The van der Waals surface area contributed by atoms with Gasteiger partial charge < -0.3 is 10.6 Å². The van der Waals surface area contributed by atoms with Crippen LogP contribution in [0.1, 0.15) is 36.9 Å². The first-order chi connectivity index (χ1) is 9.51. The molecule has 1 heterocycles. The number of halogens is 1. The topological polar surface area (TPSA) is 46.3 Å². The second kappa shape index (κ2) is 6.14. The van der Waals surface area contributed by atoms with Gasteiger partial charge in [-0.2, -0.15) is 0 Å². The monoisotopic (exact) mass is 354 g/mol. The molecule has 0 saturated heterocycles. The van der Waals surface area contributed by atoms with E-state index < -0.39 is 0 Å². The molecular formula is C15H19BrN2OS. The lowest BCUT2D eigenvalue weighted by Gasteiger charge is -2.26. The molecule has 0 saturated carbocycles. The minimum Gasteiger partial charge on any atom is -0.397 e. The maximum atomic E-state index is 12.7. The maximum absolute atomic E-state index is 12.7. The number of anilines is 1. The number of carbonyl (C=O) groups is 1. The Labute approximate surface area is 131 Å². The summed E-state index contributed by atoms with van der Waals surface area (Å²) >= 11 is 4.98. The van der Waals surface area contributed by atoms with E-state index in [-0.39, 0.29) is 11.9 Å². The van der Waals surface area contributed by atoms with Crippen molar-refractivity contribution in [2.75, 3.05) is 12.3 Å². The molecule has 1 amide bonds. The van der Waals surface area contributed by atoms with Gasteiger partial charge in [0.05, 0.1) is 5.69 Å². The van der Waals surface area contributed by atoms with E-state index in [1.807, 2.05) is 30.0 Å². The summed E-state index contributed by atoms with van der Waals surface area (Å²) in [6.07, 6.45) is 0.939. The van der Waals surface area contributed by atoms with Gasteiger partial charge in [-0.15, -0.1) is 11.3 Å². The molecule has 0 bridgehead atoms. The van der Waals surface area contributed by atoms with E-state index in [1.165, 1.54) is 11.3 Å². The predicted molar refractivity (Wildman–Crippen MR) is 90.4 cm³/mol. The lowest BCUT2D eigenvalue weighted by molar-refractivity contribution is 0.0706. The van der Waals surface area contributed by atoms with Crippen molar-refractivity contribution in [3.05, 3.63) is 27.5 Å². The van der Waals surface area contributed by atoms with Crippen LogP contribution in [0.15, 0.2) is 22.7 Å². The van der Waals surface area contributed by atoms with Gasteiger partial charge in [-0.1, -0.05) is 28.9 Å². The lowest BCUT2D eigenvalue weighted by Crippen LogP contribution is -2.37. The summed E-state index contributed by atoms with van der Waals surface area (Å²) in [4.78, 5) is 15.3. The van der Waals surface area contributed by atoms with Gasteiger partial charge in [-0.25, -0.2) is 0 Å². The van der Waals surface area contributed by atoms with Crippen molar-refractivity contribution in [3.63, 3.8) is 0 Å². The Morgan fingerprint density at radius 1 is 1.45 bits per heavy atom. The molecule has 0 aliphatic carbocycles. The zero-order chi connectivity index (χ0) is 14.9. The lowest BCUT2D eigenvalue weighted by atomic mass is 10.2. The van der Waals surface area contributed by atoms with Gasteiger partial charge in [0, 0.05) is 27.1 Å². The van der Waals surface area contributed by atoms with Crippen LogP contribution in [-0.4, -0.2) is 23.4 Å². The van der Waals surface area contributed by atoms with Gasteiger partial charge in [-0.05, 0) is 32.4 Å². The minimum absolute atomic E-state index is 0.0347. The van der Waals surface area contributed by atoms with Crippen LogP contribution in [0, 0.1) is 0 Å². The van der Waals surface area contributed by atoms with Crippen molar-refractivity contribution in [3.8, 4) is 0 Å². The summed E-state index contributed by atoms with van der Waals surface area (Å²) in [5, 5.41) is 0.945. The van der Waals surface area contributed by atoms with Gasteiger partial charge in [-0.3, -0.25) is 4.79 Å². The van der Waals surface area contributed by atoms with E-state index in [2.05, 4.69) is 29.8 Å². The standard InChI is InChI=1S/C15H19BrN2OS/c1-4-9(3)18(5-2)15(19)14-13(17)12-10(16)7-6-8-11(12)20-14/h6-9H,4-5,17H2,1-3H3. The fraction of sp³-hybridized carbons (Fsp3) is 0.400. The minimum atomic E-state index is 0.0347. The van der Waals surface area contributed by atoms with Crippen molar-refractivity contribution in [2.45, 2.75) is 33.2 Å². The number of fused-ring (bicyclic) bond motifs is 1. The van der Waals surface area contributed by atoms with Crippen LogP contribution in [0.4, 0.5) is 5.69 Å². The highest BCUT2D eigenvalue weighted by molar-refractivity contribution is 9.10. The van der Waals surface area contributed by atoms with Gasteiger partial charge >= 0.3 is 0 Å². The number of hydrogen-bond donors (Lipinski definition) is 1. The summed E-state index contributed by atoms with van der Waals surface area (Å²) < 4.78 is 1.98. The van der Waals surface area contributed by atoms with Crippen LogP contribution >= 0.6 is 27.3 Å². The van der Waals surface area contributed by atoms with Crippen LogP contribution < -0.4 is 5.73 Å². The molecule has 5 heteroatoms. The number of amides is 1. The number of nitrogens with two attached hydrogens (primary N) is 1. The SMILES string of the molecule is CCC(C)N(CC)C(=O)c1sc2cccc(Br)c2c1N. The zero-order valence-electron chi connectivity index (χ0n) is 11.9. The van der Waals surface area contributed by atoms with E-state index in [4.69, 9.17) is 5.73 Å². The van der Waals surface area contributed by atoms with E-state index in [9.17, 15) is 4.79 Å². The highest BCUT2D eigenvalue weighted by Crippen LogP contribution is 2.38. The molecule has 1 atom stereocenters. The molecule has 0 radical (unpaired) electrons. The largest absolute Gasteiger partial charge is 0.397 e.